The lowest BCUT2D eigenvalue weighted by Gasteiger charge is -2.38. The Bertz CT molecular complexity index is 394. The zero-order chi connectivity index (χ0) is 14.2. The van der Waals surface area contributed by atoms with Gasteiger partial charge in [0.05, 0.1) is 13.2 Å². The number of hydrogen-bond donors (Lipinski definition) is 1. The fraction of sp³-hybridized carbons (Fsp3) is 0.857. The van der Waals surface area contributed by atoms with Crippen molar-refractivity contribution in [2.24, 2.45) is 5.92 Å². The van der Waals surface area contributed by atoms with Gasteiger partial charge in [-0.2, -0.15) is 0 Å². The van der Waals surface area contributed by atoms with E-state index in [9.17, 15) is 9.59 Å². The van der Waals surface area contributed by atoms with E-state index < -0.39 is 17.6 Å². The molecule has 2 aliphatic heterocycles. The van der Waals surface area contributed by atoms with Crippen molar-refractivity contribution in [2.45, 2.75) is 44.4 Å². The number of nitrogens with one attached hydrogen (secondary N) is 1. The monoisotopic (exact) mass is 282 g/mol. The van der Waals surface area contributed by atoms with Crippen LogP contribution in [0.25, 0.3) is 0 Å². The SMILES string of the molecule is CC1(C2CCN(C(=O)C(=O)NC3CC3)CC2)OCCO1. The van der Waals surface area contributed by atoms with Crippen molar-refractivity contribution < 1.29 is 19.1 Å². The maximum atomic E-state index is 12.0. The van der Waals surface area contributed by atoms with Crippen molar-refractivity contribution >= 4 is 11.8 Å². The van der Waals surface area contributed by atoms with Gasteiger partial charge in [-0.15, -0.1) is 0 Å². The molecule has 1 N–H and O–H groups in total. The Morgan fingerprint density at radius 3 is 2.25 bits per heavy atom. The maximum Gasteiger partial charge on any atom is 0.311 e. The highest BCUT2D eigenvalue weighted by atomic mass is 16.7. The first-order valence-electron chi connectivity index (χ1n) is 7.46. The summed E-state index contributed by atoms with van der Waals surface area (Å²) in [6, 6.07) is 0.225. The third-order valence-electron chi connectivity index (χ3n) is 4.49. The Balaban J connectivity index is 1.50. The zero-order valence-corrected chi connectivity index (χ0v) is 11.9. The molecule has 0 aromatic carbocycles. The molecule has 1 saturated carbocycles. The second kappa shape index (κ2) is 5.33. The number of likely N-dealkylation sites (tertiary alicyclic amines) is 1. The molecule has 2 heterocycles. The van der Waals surface area contributed by atoms with Crippen LogP contribution in [-0.2, 0) is 19.1 Å². The van der Waals surface area contributed by atoms with Crippen LogP contribution in [0.2, 0.25) is 0 Å². The average molecular weight is 282 g/mol. The van der Waals surface area contributed by atoms with Crippen LogP contribution in [-0.4, -0.2) is 54.8 Å². The molecule has 112 valence electrons. The third-order valence-corrected chi connectivity index (χ3v) is 4.49. The van der Waals surface area contributed by atoms with Gasteiger partial charge < -0.3 is 19.7 Å². The first kappa shape index (κ1) is 13.8. The number of hydrogen-bond acceptors (Lipinski definition) is 4. The summed E-state index contributed by atoms with van der Waals surface area (Å²) >= 11 is 0. The molecule has 0 unspecified atom stereocenters. The van der Waals surface area contributed by atoms with Crippen LogP contribution in [0.4, 0.5) is 0 Å². The molecular weight excluding hydrogens is 260 g/mol. The number of rotatable bonds is 2. The van der Waals surface area contributed by atoms with Crippen LogP contribution >= 0.6 is 0 Å². The summed E-state index contributed by atoms with van der Waals surface area (Å²) in [6.45, 7) is 4.45. The van der Waals surface area contributed by atoms with Gasteiger partial charge in [-0.1, -0.05) is 0 Å². The van der Waals surface area contributed by atoms with E-state index in [2.05, 4.69) is 5.32 Å². The van der Waals surface area contributed by atoms with Crippen molar-refractivity contribution in [3.05, 3.63) is 0 Å². The molecule has 3 fully saturated rings. The lowest BCUT2D eigenvalue weighted by atomic mass is 9.89. The molecule has 20 heavy (non-hydrogen) atoms. The van der Waals surface area contributed by atoms with Crippen LogP contribution < -0.4 is 5.32 Å². The predicted molar refractivity (Wildman–Crippen MR) is 70.8 cm³/mol. The van der Waals surface area contributed by atoms with Gasteiger partial charge in [0.1, 0.15) is 0 Å². The van der Waals surface area contributed by atoms with E-state index in [1.807, 2.05) is 6.92 Å². The highest BCUT2D eigenvalue weighted by molar-refractivity contribution is 6.35. The van der Waals surface area contributed by atoms with E-state index in [0.717, 1.165) is 25.7 Å². The summed E-state index contributed by atoms with van der Waals surface area (Å²) in [7, 11) is 0. The van der Waals surface area contributed by atoms with Crippen LogP contribution in [0.3, 0.4) is 0 Å². The lowest BCUT2D eigenvalue weighted by Crippen LogP contribution is -2.50. The fourth-order valence-electron chi connectivity index (χ4n) is 2.99. The van der Waals surface area contributed by atoms with Crippen LogP contribution in [0.5, 0.6) is 0 Å². The summed E-state index contributed by atoms with van der Waals surface area (Å²) in [5.74, 6) is -1.06. The Morgan fingerprint density at radius 1 is 1.10 bits per heavy atom. The van der Waals surface area contributed by atoms with E-state index in [0.29, 0.717) is 32.2 Å². The smallest absolute Gasteiger partial charge is 0.311 e. The van der Waals surface area contributed by atoms with Gasteiger partial charge in [-0.25, -0.2) is 0 Å². The van der Waals surface area contributed by atoms with Crippen molar-refractivity contribution in [3.63, 3.8) is 0 Å². The van der Waals surface area contributed by atoms with Crippen LogP contribution in [0.15, 0.2) is 0 Å². The second-order valence-corrected chi connectivity index (χ2v) is 6.03. The minimum Gasteiger partial charge on any atom is -0.348 e. The first-order valence-corrected chi connectivity index (χ1v) is 7.46. The molecule has 0 spiro atoms. The molecule has 6 heteroatoms. The average Bonchev–Trinajstić information content (AvgIpc) is 3.16. The topological polar surface area (TPSA) is 67.9 Å². The van der Waals surface area contributed by atoms with Gasteiger partial charge in [0.15, 0.2) is 5.79 Å². The molecular formula is C14H22N2O4. The Kier molecular flexibility index (Phi) is 3.69. The molecule has 0 aromatic heterocycles. The normalized spacial score (nSPS) is 26.6. The fourth-order valence-corrected chi connectivity index (χ4v) is 2.99. The molecule has 0 aromatic rings. The molecule has 3 aliphatic rings. The van der Waals surface area contributed by atoms with E-state index in [1.54, 1.807) is 4.90 Å². The number of carbonyl (C=O) groups excluding carboxylic acids is 2. The van der Waals surface area contributed by atoms with Gasteiger partial charge >= 0.3 is 11.8 Å². The third kappa shape index (κ3) is 2.81. The maximum absolute atomic E-state index is 12.0. The zero-order valence-electron chi connectivity index (χ0n) is 11.9. The highest BCUT2D eigenvalue weighted by Crippen LogP contribution is 2.34. The number of nitrogens with zero attached hydrogens (tertiary/aromatic N) is 1. The number of carbonyl (C=O) groups is 2. The predicted octanol–water partition coefficient (Wildman–Crippen LogP) is 0.267. The number of amides is 2. The van der Waals surface area contributed by atoms with E-state index in [4.69, 9.17) is 9.47 Å². The Labute approximate surface area is 118 Å². The molecule has 6 nitrogen and oxygen atoms in total. The van der Waals surface area contributed by atoms with Crippen molar-refractivity contribution in [3.8, 4) is 0 Å². The highest BCUT2D eigenvalue weighted by Gasteiger charge is 2.42. The summed E-state index contributed by atoms with van der Waals surface area (Å²) in [4.78, 5) is 25.4. The largest absolute Gasteiger partial charge is 0.348 e. The molecule has 2 amide bonds. The van der Waals surface area contributed by atoms with Gasteiger partial charge in [0, 0.05) is 25.0 Å². The standard InChI is InChI=1S/C14H22N2O4/c1-14(19-8-9-20-14)10-4-6-16(7-5-10)13(18)12(17)15-11-2-3-11/h10-11H,2-9H2,1H3,(H,15,17). The van der Waals surface area contributed by atoms with Crippen LogP contribution in [0, 0.1) is 5.92 Å². The van der Waals surface area contributed by atoms with Crippen molar-refractivity contribution in [1.29, 1.82) is 0 Å². The molecule has 1 aliphatic carbocycles. The first-order chi connectivity index (χ1) is 9.58. The molecule has 0 radical (unpaired) electrons. The van der Waals surface area contributed by atoms with Crippen molar-refractivity contribution in [2.75, 3.05) is 26.3 Å². The number of ether oxygens (including phenoxy) is 2. The molecule has 0 atom stereocenters. The minimum absolute atomic E-state index is 0.225. The van der Waals surface area contributed by atoms with Gasteiger partial charge in [-0.05, 0) is 32.6 Å². The summed E-state index contributed by atoms with van der Waals surface area (Å²) in [5.41, 5.74) is 0. The Hall–Kier alpha value is -1.14. The molecule has 0 bridgehead atoms. The van der Waals surface area contributed by atoms with Gasteiger partial charge in [0.2, 0.25) is 0 Å². The second-order valence-electron chi connectivity index (χ2n) is 6.03. The van der Waals surface area contributed by atoms with Crippen molar-refractivity contribution in [1.82, 2.24) is 10.2 Å². The van der Waals surface area contributed by atoms with E-state index in [1.165, 1.54) is 0 Å². The van der Waals surface area contributed by atoms with Crippen LogP contribution in [0.1, 0.15) is 32.6 Å². The molecule has 2 saturated heterocycles. The summed E-state index contributed by atoms with van der Waals surface area (Å²) in [6.07, 6.45) is 3.63. The minimum atomic E-state index is -0.509. The summed E-state index contributed by atoms with van der Waals surface area (Å²) < 4.78 is 11.4. The van der Waals surface area contributed by atoms with Gasteiger partial charge in [0.25, 0.3) is 0 Å². The Morgan fingerprint density at radius 2 is 1.70 bits per heavy atom. The lowest BCUT2D eigenvalue weighted by molar-refractivity contribution is -0.191. The molecule has 3 rings (SSSR count). The van der Waals surface area contributed by atoms with E-state index in [-0.39, 0.29) is 6.04 Å². The number of piperidine rings is 1. The van der Waals surface area contributed by atoms with Gasteiger partial charge in [-0.3, -0.25) is 9.59 Å². The van der Waals surface area contributed by atoms with E-state index >= 15 is 0 Å². The summed E-state index contributed by atoms with van der Waals surface area (Å²) in [5, 5.41) is 2.75. The quantitative estimate of drug-likeness (QED) is 0.738.